The summed E-state index contributed by atoms with van der Waals surface area (Å²) in [5.74, 6) is -0.0964. The predicted molar refractivity (Wildman–Crippen MR) is 58.1 cm³/mol. The third kappa shape index (κ3) is 9.62. The van der Waals surface area contributed by atoms with Crippen molar-refractivity contribution in [3.63, 3.8) is 0 Å². The highest BCUT2D eigenvalue weighted by molar-refractivity contribution is 7.40. The highest BCUT2D eigenvalue weighted by Gasteiger charge is 2.02. The second kappa shape index (κ2) is 9.10. The first-order valence-electron chi connectivity index (χ1n) is 4.79. The number of nitrogens with one attached hydrogen (secondary N) is 1. The Morgan fingerprint density at radius 2 is 2.00 bits per heavy atom. The van der Waals surface area contributed by atoms with Gasteiger partial charge in [0.15, 0.2) is 0 Å². The fourth-order valence-electron chi connectivity index (χ4n) is 0.834. The number of hydrogen-bond acceptors (Lipinski definition) is 3. The molecule has 1 amide bonds. The van der Waals surface area contributed by atoms with Gasteiger partial charge in [0, 0.05) is 26.0 Å². The molecule has 1 N–H and O–H groups in total. The van der Waals surface area contributed by atoms with Crippen LogP contribution in [-0.4, -0.2) is 31.2 Å². The molecule has 0 aromatic carbocycles. The van der Waals surface area contributed by atoms with Crippen molar-refractivity contribution in [3.05, 3.63) is 0 Å². The van der Waals surface area contributed by atoms with E-state index >= 15 is 0 Å². The molecule has 0 spiro atoms. The molecule has 0 aliphatic carbocycles. The third-order valence-electron chi connectivity index (χ3n) is 1.52. The number of carbonyl (C=O) groups excluding carboxylic acids is 2. The zero-order valence-corrected chi connectivity index (χ0v) is 9.70. The zero-order valence-electron chi connectivity index (χ0n) is 8.54. The maximum atomic E-state index is 11.1. The van der Waals surface area contributed by atoms with E-state index in [0.717, 1.165) is 13.0 Å². The van der Waals surface area contributed by atoms with Gasteiger partial charge in [-0.2, -0.15) is 0 Å². The molecule has 1 unspecified atom stereocenters. The molecule has 0 aliphatic rings. The van der Waals surface area contributed by atoms with Crippen LogP contribution in [0.5, 0.6) is 0 Å². The largest absolute Gasteiger partial charge is 0.380 e. The van der Waals surface area contributed by atoms with Crippen LogP contribution in [0, 0.1) is 0 Å². The molecular formula is C9H18NO3P. The van der Waals surface area contributed by atoms with Gasteiger partial charge in [-0.25, -0.2) is 0 Å². The molecule has 5 heteroatoms. The number of hydrogen-bond donors (Lipinski definition) is 1. The monoisotopic (exact) mass is 219 g/mol. The Morgan fingerprint density at radius 1 is 1.29 bits per heavy atom. The van der Waals surface area contributed by atoms with Crippen LogP contribution in [0.3, 0.4) is 0 Å². The number of ether oxygens (including phenoxy) is 1. The van der Waals surface area contributed by atoms with E-state index in [2.05, 4.69) is 14.6 Å². The summed E-state index contributed by atoms with van der Waals surface area (Å²) in [6, 6.07) is 0. The Morgan fingerprint density at radius 3 is 2.57 bits per heavy atom. The first kappa shape index (κ1) is 13.5. The maximum absolute atomic E-state index is 11.1. The molecule has 0 bridgehead atoms. The topological polar surface area (TPSA) is 55.4 Å². The first-order chi connectivity index (χ1) is 6.66. The number of carbonyl (C=O) groups is 2. The van der Waals surface area contributed by atoms with Crippen molar-refractivity contribution >= 4 is 20.7 Å². The standard InChI is InChI=1S/C9H18NO3P/c1-2-6-13-7-5-10-8(11)3-4-9(12)14/h2-7,14H2,1H3,(H,10,11). The second-order valence-electron chi connectivity index (χ2n) is 2.93. The molecular weight excluding hydrogens is 201 g/mol. The van der Waals surface area contributed by atoms with E-state index in [9.17, 15) is 9.59 Å². The summed E-state index contributed by atoms with van der Waals surface area (Å²) in [6.07, 6.45) is 1.53. The van der Waals surface area contributed by atoms with E-state index in [1.165, 1.54) is 0 Å². The van der Waals surface area contributed by atoms with Crippen LogP contribution in [0.2, 0.25) is 0 Å². The fourth-order valence-corrected chi connectivity index (χ4v) is 0.978. The average Bonchev–Trinajstić information content (AvgIpc) is 2.14. The van der Waals surface area contributed by atoms with Crippen LogP contribution in [0.1, 0.15) is 26.2 Å². The zero-order chi connectivity index (χ0) is 10.8. The minimum absolute atomic E-state index is 0.0395. The highest BCUT2D eigenvalue weighted by atomic mass is 31.0. The Bertz CT molecular complexity index is 185. The van der Waals surface area contributed by atoms with Gasteiger partial charge in [-0.3, -0.25) is 9.59 Å². The lowest BCUT2D eigenvalue weighted by Crippen LogP contribution is -2.27. The molecule has 0 aliphatic heterocycles. The summed E-state index contributed by atoms with van der Waals surface area (Å²) < 4.78 is 5.17. The van der Waals surface area contributed by atoms with Gasteiger partial charge in [0.1, 0.15) is 5.52 Å². The fraction of sp³-hybridized carbons (Fsp3) is 0.778. The van der Waals surface area contributed by atoms with E-state index < -0.39 is 0 Å². The van der Waals surface area contributed by atoms with Crippen molar-refractivity contribution in [2.24, 2.45) is 0 Å². The molecule has 0 rings (SSSR count). The summed E-state index contributed by atoms with van der Waals surface area (Å²) in [6.45, 7) is 3.81. The minimum atomic E-state index is -0.0964. The maximum Gasteiger partial charge on any atom is 0.220 e. The lowest BCUT2D eigenvalue weighted by molar-refractivity contribution is -0.123. The molecule has 4 nitrogen and oxygen atoms in total. The van der Waals surface area contributed by atoms with Gasteiger partial charge in [-0.1, -0.05) is 16.2 Å². The lowest BCUT2D eigenvalue weighted by Gasteiger charge is -2.04. The molecule has 0 heterocycles. The molecule has 82 valence electrons. The van der Waals surface area contributed by atoms with Gasteiger partial charge < -0.3 is 10.1 Å². The summed E-state index contributed by atoms with van der Waals surface area (Å²) in [7, 11) is 2.05. The molecule has 0 saturated heterocycles. The third-order valence-corrected chi connectivity index (χ3v) is 1.80. The van der Waals surface area contributed by atoms with Gasteiger partial charge in [-0.05, 0) is 6.42 Å². The predicted octanol–water partition coefficient (Wildman–Crippen LogP) is 0.711. The van der Waals surface area contributed by atoms with Gasteiger partial charge in [-0.15, -0.1) is 0 Å². The molecule has 0 fully saturated rings. The number of rotatable bonds is 8. The molecule has 14 heavy (non-hydrogen) atoms. The Balaban J connectivity index is 3.22. The first-order valence-corrected chi connectivity index (χ1v) is 5.37. The Labute approximate surface area is 87.0 Å². The van der Waals surface area contributed by atoms with Gasteiger partial charge in [0.2, 0.25) is 5.91 Å². The van der Waals surface area contributed by atoms with Crippen molar-refractivity contribution in [1.29, 1.82) is 0 Å². The van der Waals surface area contributed by atoms with Gasteiger partial charge in [0.25, 0.3) is 0 Å². The summed E-state index contributed by atoms with van der Waals surface area (Å²) in [5, 5.41) is 2.67. The molecule has 0 aromatic heterocycles. The normalized spacial score (nSPS) is 9.86. The second-order valence-corrected chi connectivity index (χ2v) is 3.57. The summed E-state index contributed by atoms with van der Waals surface area (Å²) in [5.41, 5.74) is -0.0395. The van der Waals surface area contributed by atoms with E-state index in [1.54, 1.807) is 0 Å². The molecule has 0 saturated carbocycles. The minimum Gasteiger partial charge on any atom is -0.380 e. The van der Waals surface area contributed by atoms with Crippen molar-refractivity contribution in [1.82, 2.24) is 5.32 Å². The molecule has 0 radical (unpaired) electrons. The van der Waals surface area contributed by atoms with Crippen LogP contribution in [0.15, 0.2) is 0 Å². The van der Waals surface area contributed by atoms with Crippen molar-refractivity contribution < 1.29 is 14.3 Å². The van der Waals surface area contributed by atoms with Gasteiger partial charge >= 0.3 is 0 Å². The van der Waals surface area contributed by atoms with Gasteiger partial charge in [0.05, 0.1) is 6.61 Å². The molecule has 1 atom stereocenters. The van der Waals surface area contributed by atoms with Crippen LogP contribution in [0.25, 0.3) is 0 Å². The van der Waals surface area contributed by atoms with Crippen LogP contribution in [-0.2, 0) is 14.3 Å². The summed E-state index contributed by atoms with van der Waals surface area (Å²) in [4.78, 5) is 21.6. The summed E-state index contributed by atoms with van der Waals surface area (Å²) >= 11 is 0. The van der Waals surface area contributed by atoms with Crippen molar-refractivity contribution in [2.75, 3.05) is 19.8 Å². The van der Waals surface area contributed by atoms with E-state index in [4.69, 9.17) is 4.74 Å². The lowest BCUT2D eigenvalue weighted by atomic mass is 10.3. The Kier molecular flexibility index (Phi) is 8.79. The van der Waals surface area contributed by atoms with Crippen LogP contribution < -0.4 is 5.32 Å². The van der Waals surface area contributed by atoms with E-state index in [1.807, 2.05) is 6.92 Å². The smallest absolute Gasteiger partial charge is 0.220 e. The van der Waals surface area contributed by atoms with E-state index in [-0.39, 0.29) is 24.3 Å². The van der Waals surface area contributed by atoms with Crippen LogP contribution in [0.4, 0.5) is 0 Å². The van der Waals surface area contributed by atoms with E-state index in [0.29, 0.717) is 13.2 Å². The average molecular weight is 219 g/mol. The van der Waals surface area contributed by atoms with Crippen molar-refractivity contribution in [3.8, 4) is 0 Å². The quantitative estimate of drug-likeness (QED) is 0.483. The SMILES string of the molecule is CCCOCCNC(=O)CCC(=O)P. The Hall–Kier alpha value is -0.470. The van der Waals surface area contributed by atoms with Crippen molar-refractivity contribution in [2.45, 2.75) is 26.2 Å². The molecule has 0 aromatic rings. The van der Waals surface area contributed by atoms with Crippen LogP contribution >= 0.6 is 9.24 Å². The highest BCUT2D eigenvalue weighted by Crippen LogP contribution is 1.96. The number of amides is 1.